The van der Waals surface area contributed by atoms with E-state index in [0.29, 0.717) is 58.5 Å². The molecule has 7 saturated carbocycles. The molecule has 9 unspecified atom stereocenters. The van der Waals surface area contributed by atoms with Crippen molar-refractivity contribution in [2.75, 3.05) is 0 Å². The lowest BCUT2D eigenvalue weighted by molar-refractivity contribution is -0.131. The number of carbonyl (C=O) groups is 1. The van der Waals surface area contributed by atoms with E-state index in [0.717, 1.165) is 73.5 Å². The first kappa shape index (κ1) is 61.1. The van der Waals surface area contributed by atoms with Gasteiger partial charge in [-0.3, -0.25) is 9.78 Å². The third-order valence-corrected chi connectivity index (χ3v) is 26.3. The Morgan fingerprint density at radius 1 is 0.526 bits per heavy atom. The topological polar surface area (TPSA) is 73.3 Å². The van der Waals surface area contributed by atoms with Crippen molar-refractivity contribution in [2.45, 2.75) is 231 Å². The van der Waals surface area contributed by atoms with E-state index < -0.39 is 21.0 Å². The molecule has 0 aliphatic heterocycles. The summed E-state index contributed by atoms with van der Waals surface area (Å²) in [5, 5.41) is 0. The van der Waals surface area contributed by atoms with E-state index in [9.17, 15) is 26.4 Å². The molecule has 9 heteroatoms. The van der Waals surface area contributed by atoms with Crippen molar-refractivity contribution < 1.29 is 30.6 Å². The monoisotopic (exact) mass is 1100 g/mol. The molecule has 0 amide bonds. The van der Waals surface area contributed by atoms with Gasteiger partial charge in [-0.05, 0) is 251 Å². The van der Waals surface area contributed by atoms with E-state index in [4.69, 9.17) is 0 Å². The standard InChI is InChI=1S/C25H33N.C21H29F3O3S.C20H30O.3CH4/c1-17-10-12-24(2)19(15-17)6-7-20-22-9-8-21(18-5-4-14-26-16-18)25(22,3)13-11-23(20)24;1-13-8-10-19(2)14(12-13)4-5-15-16-6-7-18(20(16,3)11-9-17(15)19)27-28(25,26)21(22,23)24;1-13-8-10-19(2)14(12-13)4-5-15-16-6-7-18(21)20(16,3)11-9-17(15)19;;;/h4-6,8,14,16-17,20,22-23H,7,9-13,15H2,1-3H3;4,7,13,15-17H,5-6,8-12H2,1-3H3;4,13,15-17H,5-12H2,1-3H3;3*1H4/t17-,20?,22?,23?,24-,25+;2*13-,15?,16?,17?,19-,20-;;;/m000.../s1. The van der Waals surface area contributed by atoms with Gasteiger partial charge in [0.25, 0.3) is 0 Å². The number of carbonyl (C=O) groups excluding carboxylic acids is 1. The number of hydrogen-bond donors (Lipinski definition) is 0. The van der Waals surface area contributed by atoms with Gasteiger partial charge >= 0.3 is 15.6 Å². The van der Waals surface area contributed by atoms with Crippen LogP contribution in [-0.4, -0.2) is 24.7 Å². The minimum absolute atomic E-state index is 0. The highest BCUT2D eigenvalue weighted by molar-refractivity contribution is 7.87. The first-order valence-corrected chi connectivity index (χ1v) is 31.7. The van der Waals surface area contributed by atoms with Gasteiger partial charge in [0.1, 0.15) is 11.5 Å². The number of aromatic nitrogens is 1. The second kappa shape index (κ2) is 21.7. The first-order valence-electron chi connectivity index (χ1n) is 30.3. The number of alkyl halides is 3. The molecule has 13 rings (SSSR count). The second-order valence-electron chi connectivity index (χ2n) is 29.0. The van der Waals surface area contributed by atoms with Crippen molar-refractivity contribution in [1.82, 2.24) is 4.98 Å². The fourth-order valence-corrected chi connectivity index (χ4v) is 21.2. The van der Waals surface area contributed by atoms with Crippen LogP contribution in [0.15, 0.2) is 77.4 Å². The van der Waals surface area contributed by atoms with Gasteiger partial charge in [-0.25, -0.2) is 0 Å². The Kier molecular flexibility index (Phi) is 17.0. The van der Waals surface area contributed by atoms with Gasteiger partial charge in [-0.15, -0.1) is 0 Å². The summed E-state index contributed by atoms with van der Waals surface area (Å²) in [5.41, 5.74) is 3.60. The number of halogens is 3. The molecule has 0 radical (unpaired) electrons. The third-order valence-electron chi connectivity index (χ3n) is 25.3. The van der Waals surface area contributed by atoms with Crippen LogP contribution in [0.25, 0.3) is 5.57 Å². The third kappa shape index (κ3) is 9.77. The van der Waals surface area contributed by atoms with Gasteiger partial charge in [-0.1, -0.05) is 132 Å². The van der Waals surface area contributed by atoms with Crippen LogP contribution in [0.2, 0.25) is 0 Å². The minimum Gasteiger partial charge on any atom is -0.380 e. The Hall–Kier alpha value is -2.94. The molecule has 1 aromatic rings. The molecule has 0 aromatic carbocycles. The quantitative estimate of drug-likeness (QED) is 0.171. The van der Waals surface area contributed by atoms with Crippen molar-refractivity contribution in [2.24, 2.45) is 104 Å². The number of pyridine rings is 1. The van der Waals surface area contributed by atoms with Gasteiger partial charge in [0.05, 0.1) is 0 Å². The smallest absolute Gasteiger partial charge is 0.380 e. The van der Waals surface area contributed by atoms with Gasteiger partial charge in [0.2, 0.25) is 0 Å². The molecular formula is C69H104F3NO4S. The maximum Gasteiger partial charge on any atom is 0.534 e. The molecule has 78 heavy (non-hydrogen) atoms. The number of nitrogens with zero attached hydrogens (tertiary/aromatic N) is 1. The SMILES string of the molecule is C.C.C.C[C@H]1CC[C@@]2(C)C(=CCC3C2CC[C@]2(C)C(=O)CCC32)C1.C[C@H]1CC[C@@]2(C)C(=CCC3C2CC[C@]2(C)C(OS(=O)(=O)C(F)(F)F)=CCC32)C1.C[C@H]1CC[C@@]2(C)C(=CCC3C2CC[C@]2(C)C(c4cccnc4)=CCC32)C1. The van der Waals surface area contributed by atoms with Crippen LogP contribution in [0.1, 0.15) is 231 Å². The van der Waals surface area contributed by atoms with E-state index in [2.05, 4.69) is 107 Å². The largest absolute Gasteiger partial charge is 0.534 e. The molecule has 436 valence electrons. The fourth-order valence-electron chi connectivity index (χ4n) is 20.7. The molecule has 7 fully saturated rings. The maximum absolute atomic E-state index is 12.8. The van der Waals surface area contributed by atoms with Gasteiger partial charge in [0.15, 0.2) is 0 Å². The second-order valence-corrected chi connectivity index (χ2v) is 30.6. The summed E-state index contributed by atoms with van der Waals surface area (Å²) in [6.45, 7) is 21.5. The molecule has 1 heterocycles. The summed E-state index contributed by atoms with van der Waals surface area (Å²) in [6, 6.07) is 4.36. The zero-order valence-corrected chi connectivity index (χ0v) is 48.1. The Balaban J connectivity index is 0.000000153. The number of allylic oxidation sites excluding steroid dienone is 10. The fraction of sp³-hybridized carbons (Fsp3) is 0.768. The molecule has 0 saturated heterocycles. The van der Waals surface area contributed by atoms with E-state index in [1.807, 2.05) is 18.7 Å². The molecule has 0 spiro atoms. The van der Waals surface area contributed by atoms with Crippen molar-refractivity contribution >= 4 is 21.5 Å². The average Bonchev–Trinajstić information content (AvgIpc) is 4.01. The summed E-state index contributed by atoms with van der Waals surface area (Å²) < 4.78 is 66.3. The zero-order chi connectivity index (χ0) is 53.3. The predicted molar refractivity (Wildman–Crippen MR) is 315 cm³/mol. The molecule has 12 aliphatic carbocycles. The molecule has 1 aromatic heterocycles. The molecule has 5 nitrogen and oxygen atoms in total. The number of hydrogen-bond acceptors (Lipinski definition) is 5. The van der Waals surface area contributed by atoms with Crippen LogP contribution in [-0.2, 0) is 19.1 Å². The van der Waals surface area contributed by atoms with Gasteiger partial charge < -0.3 is 4.18 Å². The van der Waals surface area contributed by atoms with Crippen molar-refractivity contribution in [1.29, 1.82) is 0 Å². The predicted octanol–water partition coefficient (Wildman–Crippen LogP) is 19.7. The summed E-state index contributed by atoms with van der Waals surface area (Å²) in [5.74, 6) is 9.02. The summed E-state index contributed by atoms with van der Waals surface area (Å²) in [4.78, 5) is 16.8. The van der Waals surface area contributed by atoms with Crippen LogP contribution in [0.5, 0.6) is 0 Å². The van der Waals surface area contributed by atoms with Gasteiger partial charge in [0, 0.05) is 29.6 Å². The number of rotatable bonds is 3. The lowest BCUT2D eigenvalue weighted by atomic mass is 9.47. The minimum atomic E-state index is -5.62. The Morgan fingerprint density at radius 3 is 1.40 bits per heavy atom. The Morgan fingerprint density at radius 2 is 0.936 bits per heavy atom. The van der Waals surface area contributed by atoms with E-state index in [1.54, 1.807) is 22.8 Å². The van der Waals surface area contributed by atoms with Crippen molar-refractivity contribution in [3.63, 3.8) is 0 Å². The van der Waals surface area contributed by atoms with Crippen LogP contribution in [0.4, 0.5) is 13.2 Å². The maximum atomic E-state index is 12.8. The van der Waals surface area contributed by atoms with Crippen LogP contribution < -0.4 is 0 Å². The molecular weight excluding hydrogens is 996 g/mol. The number of ketones is 1. The average molecular weight is 1100 g/mol. The number of Topliss-reactive ketones (excluding diaryl/α,β-unsaturated/α-hetero) is 1. The lowest BCUT2D eigenvalue weighted by Gasteiger charge is -2.58. The van der Waals surface area contributed by atoms with Crippen molar-refractivity contribution in [3.05, 3.63) is 82.9 Å². The molecule has 12 aliphatic rings. The van der Waals surface area contributed by atoms with Crippen LogP contribution in [0.3, 0.4) is 0 Å². The molecule has 0 N–H and O–H groups in total. The van der Waals surface area contributed by atoms with Crippen molar-refractivity contribution in [3.8, 4) is 0 Å². The van der Waals surface area contributed by atoms with Crippen LogP contribution >= 0.6 is 0 Å². The Bertz CT molecular complexity index is 2670. The highest BCUT2D eigenvalue weighted by Gasteiger charge is 2.62. The Labute approximate surface area is 472 Å². The van der Waals surface area contributed by atoms with Crippen LogP contribution in [0, 0.1) is 104 Å². The summed E-state index contributed by atoms with van der Waals surface area (Å²) in [7, 11) is -5.62. The highest BCUT2D eigenvalue weighted by atomic mass is 32.2. The highest BCUT2D eigenvalue weighted by Crippen LogP contribution is 2.69. The molecule has 18 atom stereocenters. The number of fused-ring (bicyclic) bond motifs is 15. The van der Waals surface area contributed by atoms with E-state index in [1.165, 1.54) is 102 Å². The van der Waals surface area contributed by atoms with E-state index >= 15 is 0 Å². The first-order chi connectivity index (χ1) is 35.4. The normalized spacial score (nSPS) is 44.6. The molecule has 0 bridgehead atoms. The lowest BCUT2D eigenvalue weighted by Crippen LogP contribution is -2.50. The summed E-state index contributed by atoms with van der Waals surface area (Å²) >= 11 is 0. The summed E-state index contributed by atoms with van der Waals surface area (Å²) in [6.07, 6.45) is 41.9. The van der Waals surface area contributed by atoms with E-state index in [-0.39, 0.29) is 44.8 Å². The zero-order valence-electron chi connectivity index (χ0n) is 47.3. The van der Waals surface area contributed by atoms with Gasteiger partial charge in [-0.2, -0.15) is 21.6 Å².